The molecule has 5 rings (SSSR count). The summed E-state index contributed by atoms with van der Waals surface area (Å²) in [4.78, 5) is 4.53. The molecule has 4 unspecified atom stereocenters. The minimum atomic E-state index is -4.39. The van der Waals surface area contributed by atoms with Gasteiger partial charge in [-0.2, -0.15) is 13.2 Å². The number of aliphatic hydroxyl groups is 1. The lowest BCUT2D eigenvalue weighted by Gasteiger charge is -2.59. The molecule has 1 heterocycles. The van der Waals surface area contributed by atoms with Crippen molar-refractivity contribution in [3.05, 3.63) is 94.5 Å². The highest BCUT2D eigenvalue weighted by molar-refractivity contribution is 9.10. The lowest BCUT2D eigenvalue weighted by Crippen LogP contribution is -2.64. The summed E-state index contributed by atoms with van der Waals surface area (Å²) in [7, 11) is 0. The van der Waals surface area contributed by atoms with E-state index >= 15 is 0 Å². The van der Waals surface area contributed by atoms with Gasteiger partial charge in [0.2, 0.25) is 0 Å². The fourth-order valence-electron chi connectivity index (χ4n) is 5.98. The lowest BCUT2D eigenvalue weighted by atomic mass is 9.66. The van der Waals surface area contributed by atoms with Crippen molar-refractivity contribution in [3.63, 3.8) is 0 Å². The monoisotopic (exact) mass is 558 g/mol. The summed E-state index contributed by atoms with van der Waals surface area (Å²) in [5.41, 5.74) is 2.07. The summed E-state index contributed by atoms with van der Waals surface area (Å²) in [6, 6.07) is 23.7. The Balaban J connectivity index is 1.67. The normalized spacial score (nSPS) is 26.0. The first-order valence-electron chi connectivity index (χ1n) is 12.2. The molecule has 190 valence electrons. The van der Waals surface area contributed by atoms with E-state index in [4.69, 9.17) is 0 Å². The summed E-state index contributed by atoms with van der Waals surface area (Å²) in [6.45, 7) is 4.95. The Bertz CT molecular complexity index is 1180. The van der Waals surface area contributed by atoms with E-state index in [1.807, 2.05) is 30.3 Å². The Kier molecular flexibility index (Phi) is 6.58. The summed E-state index contributed by atoms with van der Waals surface area (Å²) in [6.07, 6.45) is -3.54. The van der Waals surface area contributed by atoms with Crippen molar-refractivity contribution in [2.75, 3.05) is 16.3 Å². The Morgan fingerprint density at radius 2 is 1.50 bits per heavy atom. The van der Waals surface area contributed by atoms with Gasteiger partial charge in [0.05, 0.1) is 11.7 Å². The Morgan fingerprint density at radius 1 is 0.861 bits per heavy atom. The molecule has 1 N–H and O–H groups in total. The zero-order valence-corrected chi connectivity index (χ0v) is 21.9. The first-order valence-corrected chi connectivity index (χ1v) is 13.0. The molecule has 2 fully saturated rings. The number of rotatable bonds is 3. The molecule has 0 spiro atoms. The van der Waals surface area contributed by atoms with Crippen LogP contribution < -0.4 is 9.80 Å². The van der Waals surface area contributed by atoms with Crippen molar-refractivity contribution in [2.45, 2.75) is 51.2 Å². The molecule has 0 radical (unpaired) electrons. The number of aliphatic hydroxyl groups excluding tert-OH is 1. The van der Waals surface area contributed by atoms with Gasteiger partial charge in [-0.1, -0.05) is 60.1 Å². The molecular weight excluding hydrogens is 529 g/mol. The Hall–Kier alpha value is -2.51. The number of para-hydroxylation sites is 1. The van der Waals surface area contributed by atoms with Gasteiger partial charge in [-0.15, -0.1) is 0 Å². The summed E-state index contributed by atoms with van der Waals surface area (Å²) >= 11 is 3.53. The third-order valence-electron chi connectivity index (χ3n) is 7.58. The van der Waals surface area contributed by atoms with Crippen LogP contribution in [-0.2, 0) is 6.18 Å². The molecule has 3 nitrogen and oxygen atoms in total. The van der Waals surface area contributed by atoms with Gasteiger partial charge >= 0.3 is 6.18 Å². The number of nitrogens with zero attached hydrogens (tertiary/aromatic N) is 2. The van der Waals surface area contributed by atoms with E-state index in [-0.39, 0.29) is 23.5 Å². The van der Waals surface area contributed by atoms with Crippen LogP contribution in [0.3, 0.4) is 0 Å². The third-order valence-corrected chi connectivity index (χ3v) is 8.11. The molecule has 1 aliphatic carbocycles. The molecule has 0 bridgehead atoms. The van der Waals surface area contributed by atoms with E-state index in [9.17, 15) is 18.3 Å². The largest absolute Gasteiger partial charge is 0.416 e. The quantitative estimate of drug-likeness (QED) is 0.357. The van der Waals surface area contributed by atoms with Crippen LogP contribution in [0.1, 0.15) is 44.0 Å². The molecule has 0 aromatic heterocycles. The van der Waals surface area contributed by atoms with Crippen LogP contribution in [0.25, 0.3) is 0 Å². The van der Waals surface area contributed by atoms with Crippen LogP contribution in [0.4, 0.5) is 24.5 Å². The standard InChI is InChI=1S/C29H30BrF3N2O/c1-28(2)16-25-24(26(36)17-28)18-34(22-14-10-20(11-15-22)29(31,32)33)27(19-8-12-21(30)13-9-19)35(25)23-6-4-3-5-7-23/h3-15,24-27,36H,16-18H2,1-2H3. The average molecular weight is 559 g/mol. The molecule has 7 heteroatoms. The van der Waals surface area contributed by atoms with Crippen molar-refractivity contribution >= 4 is 27.3 Å². The maximum absolute atomic E-state index is 13.3. The van der Waals surface area contributed by atoms with Gasteiger partial charge in [0.15, 0.2) is 0 Å². The maximum atomic E-state index is 13.3. The molecule has 0 amide bonds. The zero-order chi connectivity index (χ0) is 25.7. The first kappa shape index (κ1) is 25.2. The number of anilines is 2. The molecule has 1 aliphatic heterocycles. The average Bonchev–Trinajstić information content (AvgIpc) is 2.83. The van der Waals surface area contributed by atoms with E-state index in [2.05, 4.69) is 63.8 Å². The van der Waals surface area contributed by atoms with E-state index in [1.165, 1.54) is 0 Å². The van der Waals surface area contributed by atoms with Crippen LogP contribution >= 0.6 is 15.9 Å². The zero-order valence-electron chi connectivity index (χ0n) is 20.3. The van der Waals surface area contributed by atoms with Crippen molar-refractivity contribution in [2.24, 2.45) is 11.3 Å². The van der Waals surface area contributed by atoms with Crippen molar-refractivity contribution < 1.29 is 18.3 Å². The van der Waals surface area contributed by atoms with Gasteiger partial charge in [0, 0.05) is 34.4 Å². The smallest absolute Gasteiger partial charge is 0.393 e. The predicted molar refractivity (Wildman–Crippen MR) is 141 cm³/mol. The van der Waals surface area contributed by atoms with Gasteiger partial charge in [0.1, 0.15) is 6.17 Å². The summed E-state index contributed by atoms with van der Waals surface area (Å²) in [5.74, 6) is -0.0489. The topological polar surface area (TPSA) is 26.7 Å². The highest BCUT2D eigenvalue weighted by Gasteiger charge is 2.50. The van der Waals surface area contributed by atoms with Gasteiger partial charge in [-0.05, 0) is 72.4 Å². The summed E-state index contributed by atoms with van der Waals surface area (Å²) in [5, 5.41) is 11.3. The second-order valence-corrected chi connectivity index (χ2v) is 11.7. The number of hydrogen-bond donors (Lipinski definition) is 1. The molecule has 4 atom stereocenters. The summed E-state index contributed by atoms with van der Waals surface area (Å²) < 4.78 is 40.9. The van der Waals surface area contributed by atoms with E-state index in [1.54, 1.807) is 12.1 Å². The van der Waals surface area contributed by atoms with Gasteiger partial charge < -0.3 is 14.9 Å². The molecular formula is C29H30BrF3N2O. The minimum absolute atomic E-state index is 0.0333. The predicted octanol–water partition coefficient (Wildman–Crippen LogP) is 7.66. The van der Waals surface area contributed by atoms with Crippen molar-refractivity contribution in [3.8, 4) is 0 Å². The van der Waals surface area contributed by atoms with Gasteiger partial charge in [-0.25, -0.2) is 0 Å². The van der Waals surface area contributed by atoms with Crippen molar-refractivity contribution in [1.82, 2.24) is 0 Å². The van der Waals surface area contributed by atoms with Crippen LogP contribution in [0.5, 0.6) is 0 Å². The second-order valence-electron chi connectivity index (χ2n) is 10.7. The fraction of sp³-hybridized carbons (Fsp3) is 0.379. The van der Waals surface area contributed by atoms with E-state index < -0.39 is 17.8 Å². The number of benzene rings is 3. The first-order chi connectivity index (χ1) is 17.0. The van der Waals surface area contributed by atoms with E-state index in [0.717, 1.165) is 34.3 Å². The van der Waals surface area contributed by atoms with Crippen molar-refractivity contribution in [1.29, 1.82) is 0 Å². The highest BCUT2D eigenvalue weighted by Crippen LogP contribution is 2.50. The molecule has 3 aromatic rings. The van der Waals surface area contributed by atoms with Crippen LogP contribution in [-0.4, -0.2) is 23.8 Å². The van der Waals surface area contributed by atoms with E-state index in [0.29, 0.717) is 18.7 Å². The van der Waals surface area contributed by atoms with Crippen LogP contribution in [0.2, 0.25) is 0 Å². The third kappa shape index (κ3) is 4.88. The highest BCUT2D eigenvalue weighted by atomic mass is 79.9. The SMILES string of the molecule is CC1(C)CC(O)C2CN(c3ccc(C(F)(F)F)cc3)C(c3ccc(Br)cc3)N(c3ccccc3)C2C1. The molecule has 1 saturated carbocycles. The number of alkyl halides is 3. The fourth-order valence-corrected chi connectivity index (χ4v) is 6.24. The molecule has 36 heavy (non-hydrogen) atoms. The number of hydrogen-bond acceptors (Lipinski definition) is 3. The molecule has 2 aliphatic rings. The maximum Gasteiger partial charge on any atom is 0.416 e. The van der Waals surface area contributed by atoms with Crippen LogP contribution in [0, 0.1) is 11.3 Å². The lowest BCUT2D eigenvalue weighted by molar-refractivity contribution is -0.137. The number of halogens is 4. The minimum Gasteiger partial charge on any atom is -0.393 e. The van der Waals surface area contributed by atoms with Crippen LogP contribution in [0.15, 0.2) is 83.3 Å². The number of fused-ring (bicyclic) bond motifs is 1. The Labute approximate surface area is 218 Å². The van der Waals surface area contributed by atoms with Gasteiger partial charge in [0.25, 0.3) is 0 Å². The molecule has 3 aromatic carbocycles. The second kappa shape index (κ2) is 9.42. The Morgan fingerprint density at radius 3 is 2.11 bits per heavy atom. The van der Waals surface area contributed by atoms with Gasteiger partial charge in [-0.3, -0.25) is 0 Å². The molecule has 1 saturated heterocycles.